The van der Waals surface area contributed by atoms with Crippen molar-refractivity contribution in [1.29, 1.82) is 0 Å². The van der Waals surface area contributed by atoms with Gasteiger partial charge in [0.2, 0.25) is 0 Å². The van der Waals surface area contributed by atoms with E-state index in [-0.39, 0.29) is 5.69 Å². The van der Waals surface area contributed by atoms with Crippen LogP contribution >= 0.6 is 0 Å². The highest BCUT2D eigenvalue weighted by Crippen LogP contribution is 2.22. The van der Waals surface area contributed by atoms with Crippen molar-refractivity contribution in [2.24, 2.45) is 5.92 Å². The second-order valence-corrected chi connectivity index (χ2v) is 4.78. The van der Waals surface area contributed by atoms with Gasteiger partial charge in [0, 0.05) is 12.6 Å². The summed E-state index contributed by atoms with van der Waals surface area (Å²) in [6.07, 6.45) is 1.34. The van der Waals surface area contributed by atoms with E-state index in [4.69, 9.17) is 0 Å². The van der Waals surface area contributed by atoms with Crippen LogP contribution < -0.4 is 10.6 Å². The molecule has 0 bridgehead atoms. The van der Waals surface area contributed by atoms with Gasteiger partial charge in [0.25, 0.3) is 0 Å². The number of nitrogens with one attached hydrogen (secondary N) is 2. The molecule has 2 N–H and O–H groups in total. The SMILES string of the molecule is CC(C)CNc1cc(Nc2c(F)cccc2F)ncn1. The predicted molar refractivity (Wildman–Crippen MR) is 75.0 cm³/mol. The van der Waals surface area contributed by atoms with Gasteiger partial charge in [-0.15, -0.1) is 0 Å². The van der Waals surface area contributed by atoms with Gasteiger partial charge in [0.15, 0.2) is 0 Å². The minimum Gasteiger partial charge on any atom is -0.370 e. The second-order valence-electron chi connectivity index (χ2n) is 4.78. The van der Waals surface area contributed by atoms with Crippen LogP contribution in [0.25, 0.3) is 0 Å². The molecule has 0 atom stereocenters. The third kappa shape index (κ3) is 3.63. The highest BCUT2D eigenvalue weighted by molar-refractivity contribution is 5.59. The van der Waals surface area contributed by atoms with Gasteiger partial charge in [-0.05, 0) is 18.1 Å². The highest BCUT2D eigenvalue weighted by Gasteiger charge is 2.09. The highest BCUT2D eigenvalue weighted by atomic mass is 19.1. The molecule has 2 rings (SSSR count). The number of rotatable bonds is 5. The Labute approximate surface area is 116 Å². The molecule has 0 aliphatic rings. The van der Waals surface area contributed by atoms with Gasteiger partial charge in [-0.1, -0.05) is 19.9 Å². The van der Waals surface area contributed by atoms with Gasteiger partial charge in [0.05, 0.1) is 0 Å². The summed E-state index contributed by atoms with van der Waals surface area (Å²) in [5.41, 5.74) is -0.221. The third-order valence-electron chi connectivity index (χ3n) is 2.57. The number of aromatic nitrogens is 2. The zero-order chi connectivity index (χ0) is 14.5. The van der Waals surface area contributed by atoms with E-state index >= 15 is 0 Å². The molecule has 0 spiro atoms. The molecule has 20 heavy (non-hydrogen) atoms. The van der Waals surface area contributed by atoms with E-state index in [1.165, 1.54) is 24.5 Å². The molecule has 0 aliphatic carbocycles. The molecule has 0 amide bonds. The van der Waals surface area contributed by atoms with Crippen LogP contribution in [0.5, 0.6) is 0 Å². The number of hydrogen-bond donors (Lipinski definition) is 2. The van der Waals surface area contributed by atoms with Crippen molar-refractivity contribution >= 4 is 17.3 Å². The van der Waals surface area contributed by atoms with Crippen molar-refractivity contribution in [3.63, 3.8) is 0 Å². The van der Waals surface area contributed by atoms with Crippen molar-refractivity contribution in [2.75, 3.05) is 17.2 Å². The molecule has 106 valence electrons. The monoisotopic (exact) mass is 278 g/mol. The summed E-state index contributed by atoms with van der Waals surface area (Å²) in [4.78, 5) is 8.00. The lowest BCUT2D eigenvalue weighted by atomic mass is 10.2. The van der Waals surface area contributed by atoms with Crippen LogP contribution in [0.3, 0.4) is 0 Å². The fourth-order valence-electron chi connectivity index (χ4n) is 1.58. The van der Waals surface area contributed by atoms with Gasteiger partial charge in [0.1, 0.15) is 35.3 Å². The normalized spacial score (nSPS) is 10.7. The van der Waals surface area contributed by atoms with Crippen molar-refractivity contribution < 1.29 is 8.78 Å². The Kier molecular flexibility index (Phi) is 4.45. The number of anilines is 3. The Balaban J connectivity index is 2.15. The summed E-state index contributed by atoms with van der Waals surface area (Å²) in [5, 5.41) is 5.75. The molecule has 0 saturated heterocycles. The number of benzene rings is 1. The van der Waals surface area contributed by atoms with Crippen LogP contribution in [0.2, 0.25) is 0 Å². The van der Waals surface area contributed by atoms with Crippen molar-refractivity contribution in [2.45, 2.75) is 13.8 Å². The molecule has 0 unspecified atom stereocenters. The van der Waals surface area contributed by atoms with Gasteiger partial charge in [-0.3, -0.25) is 0 Å². The lowest BCUT2D eigenvalue weighted by molar-refractivity contribution is 0.590. The largest absolute Gasteiger partial charge is 0.370 e. The molecule has 1 heterocycles. The Hall–Kier alpha value is -2.24. The van der Waals surface area contributed by atoms with Crippen molar-refractivity contribution in [3.05, 3.63) is 42.2 Å². The molecule has 2 aromatic rings. The average molecular weight is 278 g/mol. The van der Waals surface area contributed by atoms with E-state index < -0.39 is 11.6 Å². The first-order valence-electron chi connectivity index (χ1n) is 6.33. The van der Waals surface area contributed by atoms with Crippen molar-refractivity contribution in [1.82, 2.24) is 9.97 Å². The minimum atomic E-state index is -0.666. The molecule has 4 nitrogen and oxygen atoms in total. The standard InChI is InChI=1S/C14H16F2N4/c1-9(2)7-17-12-6-13(19-8-18-12)20-14-10(15)4-3-5-11(14)16/h3-6,8-9H,7H2,1-2H3,(H2,17,18,19,20). The van der Waals surface area contributed by atoms with Crippen LogP contribution in [0.1, 0.15) is 13.8 Å². The lowest BCUT2D eigenvalue weighted by Gasteiger charge is -2.11. The molecule has 1 aromatic heterocycles. The van der Waals surface area contributed by atoms with Gasteiger partial charge in [-0.25, -0.2) is 18.7 Å². The predicted octanol–water partition coefficient (Wildman–Crippen LogP) is 3.57. The van der Waals surface area contributed by atoms with E-state index in [0.717, 1.165) is 6.54 Å². The molecular formula is C14H16F2N4. The number of para-hydroxylation sites is 1. The summed E-state index contributed by atoms with van der Waals surface area (Å²) < 4.78 is 27.1. The van der Waals surface area contributed by atoms with E-state index in [1.54, 1.807) is 6.07 Å². The average Bonchev–Trinajstić information content (AvgIpc) is 2.41. The smallest absolute Gasteiger partial charge is 0.149 e. The molecule has 0 radical (unpaired) electrons. The van der Waals surface area contributed by atoms with Crippen LogP contribution in [0.15, 0.2) is 30.6 Å². The molecule has 1 aromatic carbocycles. The third-order valence-corrected chi connectivity index (χ3v) is 2.57. The first-order chi connectivity index (χ1) is 9.56. The maximum Gasteiger partial charge on any atom is 0.149 e. The van der Waals surface area contributed by atoms with E-state index in [9.17, 15) is 8.78 Å². The van der Waals surface area contributed by atoms with Gasteiger partial charge in [-0.2, -0.15) is 0 Å². The minimum absolute atomic E-state index is 0.221. The first-order valence-corrected chi connectivity index (χ1v) is 6.33. The summed E-state index contributed by atoms with van der Waals surface area (Å²) >= 11 is 0. The van der Waals surface area contributed by atoms with E-state index in [0.29, 0.717) is 17.6 Å². The molecule has 0 fully saturated rings. The Morgan fingerprint density at radius 3 is 2.40 bits per heavy atom. The quantitative estimate of drug-likeness (QED) is 0.878. The zero-order valence-corrected chi connectivity index (χ0v) is 11.3. The molecule has 0 saturated carbocycles. The van der Waals surface area contributed by atoms with E-state index in [2.05, 4.69) is 34.4 Å². The molecule has 0 aliphatic heterocycles. The first kappa shape index (κ1) is 14.2. The fourth-order valence-corrected chi connectivity index (χ4v) is 1.58. The summed E-state index contributed by atoms with van der Waals surface area (Å²) in [6.45, 7) is 4.90. The van der Waals surface area contributed by atoms with Gasteiger partial charge < -0.3 is 10.6 Å². The van der Waals surface area contributed by atoms with Crippen LogP contribution in [-0.2, 0) is 0 Å². The molecule has 6 heteroatoms. The maximum absolute atomic E-state index is 13.5. The number of halogens is 2. The lowest BCUT2D eigenvalue weighted by Crippen LogP contribution is -2.09. The number of nitrogens with zero attached hydrogens (tertiary/aromatic N) is 2. The summed E-state index contributed by atoms with van der Waals surface area (Å²) in [6, 6.07) is 5.29. The summed E-state index contributed by atoms with van der Waals surface area (Å²) in [7, 11) is 0. The summed E-state index contributed by atoms with van der Waals surface area (Å²) in [5.74, 6) is 0.0641. The zero-order valence-electron chi connectivity index (χ0n) is 11.3. The second kappa shape index (κ2) is 6.27. The van der Waals surface area contributed by atoms with Gasteiger partial charge >= 0.3 is 0 Å². The molecular weight excluding hydrogens is 262 g/mol. The fraction of sp³-hybridized carbons (Fsp3) is 0.286. The van der Waals surface area contributed by atoms with E-state index in [1.807, 2.05) is 0 Å². The maximum atomic E-state index is 13.5. The Morgan fingerprint density at radius 1 is 1.10 bits per heavy atom. The van der Waals surface area contributed by atoms with Crippen molar-refractivity contribution in [3.8, 4) is 0 Å². The van der Waals surface area contributed by atoms with Crippen LogP contribution in [-0.4, -0.2) is 16.5 Å². The Morgan fingerprint density at radius 2 is 1.75 bits per heavy atom. The topological polar surface area (TPSA) is 49.8 Å². The van der Waals surface area contributed by atoms with Crippen LogP contribution in [0, 0.1) is 17.6 Å². The van der Waals surface area contributed by atoms with Crippen LogP contribution in [0.4, 0.5) is 26.1 Å². The number of hydrogen-bond acceptors (Lipinski definition) is 4. The Bertz CT molecular complexity index is 567.